The highest BCUT2D eigenvalue weighted by molar-refractivity contribution is 5.69. The highest BCUT2D eigenvalue weighted by Crippen LogP contribution is 2.23. The molecule has 0 bridgehead atoms. The van der Waals surface area contributed by atoms with Gasteiger partial charge in [-0.05, 0) is 31.5 Å². The number of nitrogens with two attached hydrogens (primary N) is 3. The first kappa shape index (κ1) is 15.1. The van der Waals surface area contributed by atoms with Gasteiger partial charge in [0.2, 0.25) is 0 Å². The van der Waals surface area contributed by atoms with Gasteiger partial charge in [0, 0.05) is 23.9 Å². The molecule has 114 valence electrons. The van der Waals surface area contributed by atoms with Crippen LogP contribution in [0.1, 0.15) is 18.4 Å². The Labute approximate surface area is 124 Å². The van der Waals surface area contributed by atoms with Crippen molar-refractivity contribution in [3.05, 3.63) is 47.5 Å². The summed E-state index contributed by atoms with van der Waals surface area (Å²) in [5, 5.41) is 13.1. The van der Waals surface area contributed by atoms with Crippen LogP contribution in [0, 0.1) is 0 Å². The molecule has 6 nitrogen and oxygen atoms in total. The number of phenolic OH excluding ortho intramolecular Hbond substituents is 1. The van der Waals surface area contributed by atoms with Gasteiger partial charge in [-0.1, -0.05) is 12.1 Å². The number of benzene rings is 1. The second kappa shape index (κ2) is 6.90. The van der Waals surface area contributed by atoms with Crippen molar-refractivity contribution in [2.45, 2.75) is 18.9 Å². The fourth-order valence-electron chi connectivity index (χ4n) is 2.22. The van der Waals surface area contributed by atoms with Gasteiger partial charge in [0.1, 0.15) is 17.7 Å². The molecule has 0 amide bonds. The molecule has 1 atom stereocenters. The minimum atomic E-state index is 0.0178. The summed E-state index contributed by atoms with van der Waals surface area (Å²) in [6.45, 7) is 1.74. The number of ether oxygens (including phenoxy) is 1. The summed E-state index contributed by atoms with van der Waals surface area (Å²) in [5.74, 6) is 0.504. The summed E-state index contributed by atoms with van der Waals surface area (Å²) >= 11 is 0. The van der Waals surface area contributed by atoms with E-state index < -0.39 is 0 Å². The van der Waals surface area contributed by atoms with Crippen LogP contribution in [-0.2, 0) is 4.74 Å². The summed E-state index contributed by atoms with van der Waals surface area (Å²) in [6.07, 6.45) is 3.55. The minimum Gasteiger partial charge on any atom is -0.507 e. The summed E-state index contributed by atoms with van der Waals surface area (Å²) in [4.78, 5) is 0. The molecule has 0 aromatic heterocycles. The molecule has 0 spiro atoms. The van der Waals surface area contributed by atoms with Gasteiger partial charge in [-0.3, -0.25) is 0 Å². The van der Waals surface area contributed by atoms with Gasteiger partial charge in [0.05, 0.1) is 0 Å². The van der Waals surface area contributed by atoms with Crippen molar-refractivity contribution in [1.82, 2.24) is 5.32 Å². The molecule has 1 fully saturated rings. The van der Waals surface area contributed by atoms with Crippen LogP contribution in [0.3, 0.4) is 0 Å². The van der Waals surface area contributed by atoms with Gasteiger partial charge in [-0.25, -0.2) is 0 Å². The van der Waals surface area contributed by atoms with Gasteiger partial charge >= 0.3 is 0 Å². The van der Waals surface area contributed by atoms with E-state index in [1.165, 1.54) is 0 Å². The third-order valence-electron chi connectivity index (χ3n) is 3.33. The predicted octanol–water partition coefficient (Wildman–Crippen LogP) is 0.547. The Balaban J connectivity index is 2.17. The average molecular weight is 290 g/mol. The van der Waals surface area contributed by atoms with Crippen molar-refractivity contribution in [3.8, 4) is 5.75 Å². The number of aromatic hydroxyl groups is 1. The standard InChI is InChI=1S/C15H22N4O2/c16-12(11-5-1-2-6-13(11)20)8-14(15(17)18)21-10-4-3-7-19-9-10/h1-2,5-6,8,10,19-20H,3-4,7,9,16-18H2/b12-8-. The molecule has 6 heteroatoms. The van der Waals surface area contributed by atoms with E-state index in [9.17, 15) is 5.11 Å². The molecule has 1 aromatic rings. The SMILES string of the molecule is NC(N)=C(/C=C(\N)c1ccccc1O)OC1CCCNC1. The number of nitrogens with one attached hydrogen (secondary N) is 1. The highest BCUT2D eigenvalue weighted by atomic mass is 16.5. The second-order valence-electron chi connectivity index (χ2n) is 5.02. The van der Waals surface area contributed by atoms with Crippen molar-refractivity contribution in [1.29, 1.82) is 0 Å². The number of hydrogen-bond acceptors (Lipinski definition) is 6. The van der Waals surface area contributed by atoms with E-state index in [1.54, 1.807) is 30.3 Å². The molecular formula is C15H22N4O2. The third kappa shape index (κ3) is 4.06. The molecule has 1 aliphatic rings. The summed E-state index contributed by atoms with van der Waals surface area (Å²) in [5.41, 5.74) is 18.2. The van der Waals surface area contributed by atoms with Gasteiger partial charge in [0.15, 0.2) is 5.76 Å². The van der Waals surface area contributed by atoms with Gasteiger partial charge in [0.25, 0.3) is 0 Å². The van der Waals surface area contributed by atoms with Crippen LogP contribution in [0.4, 0.5) is 0 Å². The van der Waals surface area contributed by atoms with Crippen LogP contribution in [0.2, 0.25) is 0 Å². The van der Waals surface area contributed by atoms with E-state index in [0.717, 1.165) is 25.9 Å². The number of hydrogen-bond donors (Lipinski definition) is 5. The summed E-state index contributed by atoms with van der Waals surface area (Å²) in [7, 11) is 0. The molecule has 1 unspecified atom stereocenters. The monoisotopic (exact) mass is 290 g/mol. The second-order valence-corrected chi connectivity index (χ2v) is 5.02. The Morgan fingerprint density at radius 2 is 2.05 bits per heavy atom. The molecule has 1 heterocycles. The van der Waals surface area contributed by atoms with Crippen LogP contribution >= 0.6 is 0 Å². The topological polar surface area (TPSA) is 120 Å². The fraction of sp³-hybridized carbons (Fsp3) is 0.333. The molecule has 1 aromatic carbocycles. The van der Waals surface area contributed by atoms with E-state index in [1.807, 2.05) is 0 Å². The zero-order chi connectivity index (χ0) is 15.2. The first-order chi connectivity index (χ1) is 10.1. The fourth-order valence-corrected chi connectivity index (χ4v) is 2.22. The summed E-state index contributed by atoms with van der Waals surface area (Å²) < 4.78 is 5.81. The number of phenols is 1. The Morgan fingerprint density at radius 3 is 2.67 bits per heavy atom. The van der Waals surface area contributed by atoms with E-state index in [0.29, 0.717) is 17.0 Å². The Bertz CT molecular complexity index is 544. The molecule has 0 radical (unpaired) electrons. The molecule has 21 heavy (non-hydrogen) atoms. The number of allylic oxidation sites excluding steroid dienone is 1. The van der Waals surface area contributed by atoms with Crippen LogP contribution in [0.25, 0.3) is 5.70 Å². The number of para-hydroxylation sites is 1. The smallest absolute Gasteiger partial charge is 0.161 e. The quantitative estimate of drug-likeness (QED) is 0.408. The first-order valence-electron chi connectivity index (χ1n) is 6.96. The molecular weight excluding hydrogens is 268 g/mol. The Hall–Kier alpha value is -2.34. The minimum absolute atomic E-state index is 0.0178. The maximum Gasteiger partial charge on any atom is 0.161 e. The molecule has 2 rings (SSSR count). The van der Waals surface area contributed by atoms with E-state index in [4.69, 9.17) is 21.9 Å². The first-order valence-corrected chi connectivity index (χ1v) is 6.96. The van der Waals surface area contributed by atoms with Crippen LogP contribution in [0.5, 0.6) is 5.75 Å². The van der Waals surface area contributed by atoms with Crippen molar-refractivity contribution in [2.75, 3.05) is 13.1 Å². The van der Waals surface area contributed by atoms with Crippen molar-refractivity contribution in [2.24, 2.45) is 17.2 Å². The van der Waals surface area contributed by atoms with Crippen LogP contribution in [0.15, 0.2) is 41.9 Å². The number of rotatable bonds is 4. The molecule has 0 aliphatic carbocycles. The molecule has 1 aliphatic heterocycles. The normalized spacial score (nSPS) is 19.0. The zero-order valence-corrected chi connectivity index (χ0v) is 11.9. The lowest BCUT2D eigenvalue weighted by atomic mass is 10.1. The number of piperidine rings is 1. The molecule has 1 saturated heterocycles. The van der Waals surface area contributed by atoms with Crippen molar-refractivity contribution in [3.63, 3.8) is 0 Å². The lowest BCUT2D eigenvalue weighted by molar-refractivity contribution is 0.0982. The molecule has 0 saturated carbocycles. The zero-order valence-electron chi connectivity index (χ0n) is 11.9. The van der Waals surface area contributed by atoms with E-state index in [2.05, 4.69) is 5.32 Å². The van der Waals surface area contributed by atoms with Gasteiger partial charge in [-0.2, -0.15) is 0 Å². The largest absolute Gasteiger partial charge is 0.507 e. The van der Waals surface area contributed by atoms with E-state index >= 15 is 0 Å². The summed E-state index contributed by atoms with van der Waals surface area (Å²) in [6, 6.07) is 6.80. The third-order valence-corrected chi connectivity index (χ3v) is 3.33. The van der Waals surface area contributed by atoms with Crippen LogP contribution in [-0.4, -0.2) is 24.3 Å². The lowest BCUT2D eigenvalue weighted by Crippen LogP contribution is -2.35. The maximum atomic E-state index is 9.80. The lowest BCUT2D eigenvalue weighted by Gasteiger charge is -2.24. The van der Waals surface area contributed by atoms with E-state index in [-0.39, 0.29) is 17.7 Å². The Kier molecular flexibility index (Phi) is 4.94. The van der Waals surface area contributed by atoms with Crippen LogP contribution < -0.4 is 22.5 Å². The highest BCUT2D eigenvalue weighted by Gasteiger charge is 2.16. The predicted molar refractivity (Wildman–Crippen MR) is 82.6 cm³/mol. The maximum absolute atomic E-state index is 9.80. The van der Waals surface area contributed by atoms with Crippen molar-refractivity contribution >= 4 is 5.70 Å². The average Bonchev–Trinajstić information content (AvgIpc) is 2.48. The van der Waals surface area contributed by atoms with Crippen molar-refractivity contribution < 1.29 is 9.84 Å². The van der Waals surface area contributed by atoms with Gasteiger partial charge in [-0.15, -0.1) is 0 Å². The Morgan fingerprint density at radius 1 is 1.29 bits per heavy atom. The molecule has 8 N–H and O–H groups in total. The van der Waals surface area contributed by atoms with Gasteiger partial charge < -0.3 is 32.4 Å².